The van der Waals surface area contributed by atoms with Crippen LogP contribution in [-0.2, 0) is 9.84 Å². The van der Waals surface area contributed by atoms with Crippen LogP contribution in [-0.4, -0.2) is 39.4 Å². The third-order valence-corrected chi connectivity index (χ3v) is 3.34. The zero-order valence-corrected chi connectivity index (χ0v) is 10.5. The Hall–Kier alpha value is 0.200. The first kappa shape index (κ1) is 14.2. The highest BCUT2D eigenvalue weighted by Crippen LogP contribution is 2.07. The monoisotopic (exact) mass is 241 g/mol. The lowest BCUT2D eigenvalue weighted by Gasteiger charge is -2.13. The van der Waals surface area contributed by atoms with E-state index in [0.717, 1.165) is 19.4 Å². The van der Waals surface area contributed by atoms with Gasteiger partial charge >= 0.3 is 0 Å². The van der Waals surface area contributed by atoms with Crippen molar-refractivity contribution in [2.75, 3.05) is 31.0 Å². The van der Waals surface area contributed by atoms with Crippen molar-refractivity contribution in [1.29, 1.82) is 0 Å². The van der Waals surface area contributed by atoms with Crippen LogP contribution in [0.3, 0.4) is 0 Å². The first-order valence-corrected chi connectivity index (χ1v) is 7.53. The van der Waals surface area contributed by atoms with Crippen molar-refractivity contribution in [1.82, 2.24) is 5.32 Å². The average molecular weight is 242 g/mol. The predicted molar refractivity (Wildman–Crippen MR) is 61.7 cm³/mol. The van der Waals surface area contributed by atoms with E-state index in [0.29, 0.717) is 18.3 Å². The van der Waals surface area contributed by atoms with Crippen LogP contribution in [0, 0.1) is 5.92 Å². The van der Waals surface area contributed by atoms with Gasteiger partial charge in [0.25, 0.3) is 0 Å². The van der Waals surface area contributed by atoms with E-state index in [2.05, 4.69) is 12.2 Å². The summed E-state index contributed by atoms with van der Waals surface area (Å²) >= 11 is 5.64. The average Bonchev–Trinajstić information content (AvgIpc) is 2.08. The van der Waals surface area contributed by atoms with Crippen molar-refractivity contribution < 1.29 is 8.42 Å². The van der Waals surface area contributed by atoms with E-state index < -0.39 is 9.84 Å². The second-order valence-corrected chi connectivity index (χ2v) is 6.22. The standard InChI is InChI=1S/C9H20ClNO2S/c1-3-9(4-5-10)8-11-6-7-14(2,12)13/h9,11H,3-8H2,1-2H3. The molecule has 0 aliphatic carbocycles. The molecular formula is C9H20ClNO2S. The molecule has 0 heterocycles. The molecule has 0 fully saturated rings. The van der Waals surface area contributed by atoms with E-state index in [1.54, 1.807) is 0 Å². The quantitative estimate of drug-likeness (QED) is 0.514. The lowest BCUT2D eigenvalue weighted by Crippen LogP contribution is -2.27. The minimum Gasteiger partial charge on any atom is -0.315 e. The van der Waals surface area contributed by atoms with Crippen LogP contribution in [0.25, 0.3) is 0 Å². The van der Waals surface area contributed by atoms with Gasteiger partial charge in [-0.2, -0.15) is 0 Å². The molecule has 0 rings (SSSR count). The number of halogens is 1. The number of hydrogen-bond acceptors (Lipinski definition) is 3. The Labute approximate surface area is 92.1 Å². The Balaban J connectivity index is 3.52. The molecule has 0 saturated heterocycles. The third-order valence-electron chi connectivity index (χ3n) is 2.18. The molecule has 1 N–H and O–H groups in total. The van der Waals surface area contributed by atoms with Gasteiger partial charge in [0.15, 0.2) is 0 Å². The van der Waals surface area contributed by atoms with Gasteiger partial charge in [0, 0.05) is 18.7 Å². The van der Waals surface area contributed by atoms with Gasteiger partial charge in [-0.25, -0.2) is 8.42 Å². The van der Waals surface area contributed by atoms with Crippen LogP contribution in [0.2, 0.25) is 0 Å². The number of alkyl halides is 1. The fourth-order valence-electron chi connectivity index (χ4n) is 1.17. The molecule has 0 amide bonds. The van der Waals surface area contributed by atoms with Gasteiger partial charge in [0.2, 0.25) is 0 Å². The van der Waals surface area contributed by atoms with Crippen LogP contribution < -0.4 is 5.32 Å². The third kappa shape index (κ3) is 8.78. The number of nitrogens with one attached hydrogen (secondary N) is 1. The van der Waals surface area contributed by atoms with Crippen LogP contribution in [0.1, 0.15) is 19.8 Å². The molecule has 0 spiro atoms. The van der Waals surface area contributed by atoms with Crippen molar-refractivity contribution in [2.45, 2.75) is 19.8 Å². The highest BCUT2D eigenvalue weighted by Gasteiger charge is 2.06. The van der Waals surface area contributed by atoms with Crippen molar-refractivity contribution in [2.24, 2.45) is 5.92 Å². The molecule has 0 radical (unpaired) electrons. The smallest absolute Gasteiger partial charge is 0.148 e. The van der Waals surface area contributed by atoms with Gasteiger partial charge in [-0.1, -0.05) is 13.3 Å². The molecule has 0 aromatic rings. The summed E-state index contributed by atoms with van der Waals surface area (Å²) in [6, 6.07) is 0. The second kappa shape index (κ2) is 7.49. The molecule has 1 atom stereocenters. The van der Waals surface area contributed by atoms with E-state index in [-0.39, 0.29) is 5.75 Å². The lowest BCUT2D eigenvalue weighted by atomic mass is 10.0. The fraction of sp³-hybridized carbons (Fsp3) is 1.00. The normalized spacial score (nSPS) is 14.2. The molecule has 5 heteroatoms. The van der Waals surface area contributed by atoms with Crippen LogP contribution in [0.5, 0.6) is 0 Å². The summed E-state index contributed by atoms with van der Waals surface area (Å²) in [6.45, 7) is 3.52. The van der Waals surface area contributed by atoms with Gasteiger partial charge in [-0.05, 0) is 18.9 Å². The molecule has 86 valence electrons. The maximum atomic E-state index is 10.8. The lowest BCUT2D eigenvalue weighted by molar-refractivity contribution is 0.458. The molecule has 0 aliphatic rings. The molecule has 0 aromatic carbocycles. The molecular weight excluding hydrogens is 222 g/mol. The van der Waals surface area contributed by atoms with Crippen molar-refractivity contribution >= 4 is 21.4 Å². The van der Waals surface area contributed by atoms with Gasteiger partial charge in [0.05, 0.1) is 5.75 Å². The number of rotatable bonds is 8. The molecule has 0 aromatic heterocycles. The SMILES string of the molecule is CCC(CCCl)CNCCS(C)(=O)=O. The Morgan fingerprint density at radius 3 is 2.50 bits per heavy atom. The van der Waals surface area contributed by atoms with Gasteiger partial charge in [-0.15, -0.1) is 11.6 Å². The van der Waals surface area contributed by atoms with Crippen LogP contribution >= 0.6 is 11.6 Å². The Morgan fingerprint density at radius 1 is 1.43 bits per heavy atom. The predicted octanol–water partition coefficient (Wildman–Crippen LogP) is 1.28. The summed E-state index contributed by atoms with van der Waals surface area (Å²) in [4.78, 5) is 0. The highest BCUT2D eigenvalue weighted by atomic mass is 35.5. The van der Waals surface area contributed by atoms with Crippen LogP contribution in [0.15, 0.2) is 0 Å². The van der Waals surface area contributed by atoms with Gasteiger partial charge in [0.1, 0.15) is 9.84 Å². The van der Waals surface area contributed by atoms with Crippen LogP contribution in [0.4, 0.5) is 0 Å². The highest BCUT2D eigenvalue weighted by molar-refractivity contribution is 7.90. The van der Waals surface area contributed by atoms with Crippen molar-refractivity contribution in [3.05, 3.63) is 0 Å². The summed E-state index contributed by atoms with van der Waals surface area (Å²) in [6.07, 6.45) is 3.33. The second-order valence-electron chi connectivity index (χ2n) is 3.59. The van der Waals surface area contributed by atoms with E-state index in [9.17, 15) is 8.42 Å². The summed E-state index contributed by atoms with van der Waals surface area (Å²) in [5.41, 5.74) is 0. The molecule has 0 aliphatic heterocycles. The molecule has 3 nitrogen and oxygen atoms in total. The first-order valence-electron chi connectivity index (χ1n) is 4.94. The maximum Gasteiger partial charge on any atom is 0.148 e. The Bertz CT molecular complexity index is 229. The summed E-state index contributed by atoms with van der Waals surface area (Å²) < 4.78 is 21.6. The van der Waals surface area contributed by atoms with Gasteiger partial charge in [-0.3, -0.25) is 0 Å². The fourth-order valence-corrected chi connectivity index (χ4v) is 1.99. The minimum absolute atomic E-state index is 0.213. The zero-order valence-electron chi connectivity index (χ0n) is 8.92. The topological polar surface area (TPSA) is 46.2 Å². The van der Waals surface area contributed by atoms with Gasteiger partial charge < -0.3 is 5.32 Å². The Morgan fingerprint density at radius 2 is 2.07 bits per heavy atom. The first-order chi connectivity index (χ1) is 6.49. The molecule has 0 saturated carbocycles. The minimum atomic E-state index is -2.83. The number of hydrogen-bond donors (Lipinski definition) is 1. The maximum absolute atomic E-state index is 10.8. The number of sulfone groups is 1. The van der Waals surface area contributed by atoms with E-state index in [1.165, 1.54) is 6.26 Å². The largest absolute Gasteiger partial charge is 0.315 e. The summed E-state index contributed by atoms with van der Waals surface area (Å²) in [5.74, 6) is 1.45. The van der Waals surface area contributed by atoms with E-state index in [4.69, 9.17) is 11.6 Å². The summed E-state index contributed by atoms with van der Waals surface area (Å²) in [5, 5.41) is 3.14. The van der Waals surface area contributed by atoms with Crippen molar-refractivity contribution in [3.63, 3.8) is 0 Å². The zero-order chi connectivity index (χ0) is 11.0. The molecule has 1 unspecified atom stereocenters. The van der Waals surface area contributed by atoms with Crippen molar-refractivity contribution in [3.8, 4) is 0 Å². The summed E-state index contributed by atoms with van der Waals surface area (Å²) in [7, 11) is -2.83. The van der Waals surface area contributed by atoms with E-state index in [1.807, 2.05) is 0 Å². The Kier molecular flexibility index (Phi) is 7.59. The molecule has 14 heavy (non-hydrogen) atoms. The van der Waals surface area contributed by atoms with E-state index >= 15 is 0 Å². The molecule has 0 bridgehead atoms.